The van der Waals surface area contributed by atoms with Gasteiger partial charge in [0.25, 0.3) is 0 Å². The fraction of sp³-hybridized carbons (Fsp3) is 0.333. The van der Waals surface area contributed by atoms with Crippen molar-refractivity contribution >= 4 is 17.3 Å². The van der Waals surface area contributed by atoms with Gasteiger partial charge in [0.05, 0.1) is 5.69 Å². The van der Waals surface area contributed by atoms with Crippen molar-refractivity contribution in [3.63, 3.8) is 0 Å². The summed E-state index contributed by atoms with van der Waals surface area (Å²) in [7, 11) is 0. The molecule has 0 saturated heterocycles. The summed E-state index contributed by atoms with van der Waals surface area (Å²) in [6.07, 6.45) is 1.37. The minimum Gasteiger partial charge on any atom is -0.477 e. The molecule has 0 atom stereocenters. The number of carboxylic acid groups (broad SMARTS) is 1. The van der Waals surface area contributed by atoms with Crippen LogP contribution in [0.1, 0.15) is 35.1 Å². The minimum absolute atomic E-state index is 0.0685. The van der Waals surface area contributed by atoms with E-state index in [9.17, 15) is 4.79 Å². The number of nitrogens with zero attached hydrogens (tertiary/aromatic N) is 3. The van der Waals surface area contributed by atoms with Gasteiger partial charge in [0.1, 0.15) is 11.2 Å². The molecule has 0 fully saturated rings. The van der Waals surface area contributed by atoms with E-state index in [1.54, 1.807) is 0 Å². The quantitative estimate of drug-likeness (QED) is 0.849. The van der Waals surface area contributed by atoms with E-state index in [1.165, 1.54) is 6.33 Å². The van der Waals surface area contributed by atoms with Crippen molar-refractivity contribution in [3.8, 4) is 10.8 Å². The zero-order chi connectivity index (χ0) is 11.7. The summed E-state index contributed by atoms with van der Waals surface area (Å²) in [4.78, 5) is 19.5. The second-order valence-electron chi connectivity index (χ2n) is 3.53. The van der Waals surface area contributed by atoms with Crippen LogP contribution in [0.4, 0.5) is 0 Å². The molecule has 16 heavy (non-hydrogen) atoms. The van der Waals surface area contributed by atoms with Gasteiger partial charge in [-0.1, -0.05) is 13.8 Å². The van der Waals surface area contributed by atoms with E-state index < -0.39 is 5.97 Å². The van der Waals surface area contributed by atoms with E-state index in [0.717, 1.165) is 11.3 Å². The van der Waals surface area contributed by atoms with Gasteiger partial charge in [-0.3, -0.25) is 5.10 Å². The van der Waals surface area contributed by atoms with Crippen LogP contribution in [-0.2, 0) is 0 Å². The van der Waals surface area contributed by atoms with Crippen molar-refractivity contribution in [2.75, 3.05) is 0 Å². The van der Waals surface area contributed by atoms with Crippen LogP contribution >= 0.6 is 11.3 Å². The zero-order valence-corrected chi connectivity index (χ0v) is 9.58. The topological polar surface area (TPSA) is 91.8 Å². The highest BCUT2D eigenvalue weighted by atomic mass is 32.1. The Morgan fingerprint density at radius 3 is 2.75 bits per heavy atom. The highest BCUT2D eigenvalue weighted by Gasteiger charge is 2.21. The van der Waals surface area contributed by atoms with Crippen molar-refractivity contribution in [2.24, 2.45) is 0 Å². The first-order chi connectivity index (χ1) is 7.59. The molecule has 0 aliphatic heterocycles. The molecule has 0 bridgehead atoms. The van der Waals surface area contributed by atoms with Crippen LogP contribution in [0.25, 0.3) is 10.8 Å². The predicted octanol–water partition coefficient (Wildman–Crippen LogP) is 1.75. The van der Waals surface area contributed by atoms with E-state index in [2.05, 4.69) is 20.2 Å². The molecule has 0 aliphatic carbocycles. The molecule has 0 unspecified atom stereocenters. The Bertz CT molecular complexity index is 504. The normalized spacial score (nSPS) is 10.9. The summed E-state index contributed by atoms with van der Waals surface area (Å²) in [6.45, 7) is 3.82. The summed E-state index contributed by atoms with van der Waals surface area (Å²) >= 11 is 1.11. The van der Waals surface area contributed by atoms with Gasteiger partial charge in [0.15, 0.2) is 10.8 Å². The summed E-state index contributed by atoms with van der Waals surface area (Å²) < 4.78 is 0. The van der Waals surface area contributed by atoms with Crippen molar-refractivity contribution < 1.29 is 9.90 Å². The Labute approximate surface area is 95.4 Å². The molecule has 2 aromatic rings. The van der Waals surface area contributed by atoms with E-state index >= 15 is 0 Å². The molecule has 6 nitrogen and oxygen atoms in total. The number of rotatable bonds is 3. The second-order valence-corrected chi connectivity index (χ2v) is 4.53. The molecule has 0 saturated carbocycles. The van der Waals surface area contributed by atoms with Gasteiger partial charge in [-0.05, 0) is 5.92 Å². The number of carbonyl (C=O) groups is 1. The molecule has 0 amide bonds. The first-order valence-electron chi connectivity index (χ1n) is 4.69. The first-order valence-corrected chi connectivity index (χ1v) is 5.51. The fourth-order valence-electron chi connectivity index (χ4n) is 1.29. The zero-order valence-electron chi connectivity index (χ0n) is 8.76. The van der Waals surface area contributed by atoms with Crippen LogP contribution in [0, 0.1) is 0 Å². The Hall–Kier alpha value is -1.76. The van der Waals surface area contributed by atoms with Crippen LogP contribution in [0.5, 0.6) is 0 Å². The third-order valence-corrected chi connectivity index (χ3v) is 3.08. The maximum atomic E-state index is 11.0. The van der Waals surface area contributed by atoms with Crippen molar-refractivity contribution in [2.45, 2.75) is 19.8 Å². The maximum Gasteiger partial charge on any atom is 0.347 e. The van der Waals surface area contributed by atoms with Gasteiger partial charge in [-0.25, -0.2) is 14.8 Å². The van der Waals surface area contributed by atoms with Gasteiger partial charge >= 0.3 is 5.97 Å². The lowest BCUT2D eigenvalue weighted by Crippen LogP contribution is -2.00. The largest absolute Gasteiger partial charge is 0.477 e. The molecule has 2 rings (SSSR count). The number of nitrogens with one attached hydrogen (secondary N) is 1. The molecule has 7 heteroatoms. The fourth-order valence-corrected chi connectivity index (χ4v) is 2.29. The number of aromatic carboxylic acids is 1. The van der Waals surface area contributed by atoms with Crippen LogP contribution in [0.3, 0.4) is 0 Å². The van der Waals surface area contributed by atoms with Crippen molar-refractivity contribution in [3.05, 3.63) is 16.9 Å². The third-order valence-electron chi connectivity index (χ3n) is 2.01. The van der Waals surface area contributed by atoms with E-state index in [0.29, 0.717) is 16.5 Å². The summed E-state index contributed by atoms with van der Waals surface area (Å²) in [5.41, 5.74) is 0.587. The average Bonchev–Trinajstić information content (AvgIpc) is 2.86. The predicted molar refractivity (Wildman–Crippen MR) is 58.5 cm³/mol. The number of hydrogen-bond acceptors (Lipinski definition) is 5. The standard InChI is InChI=1S/C9H10N4O2S/c1-4(2)5-6(9(14)15)16-8(12-5)7-10-3-11-13-7/h3-4H,1-2H3,(H,14,15)(H,10,11,13). The Kier molecular flexibility index (Phi) is 2.69. The van der Waals surface area contributed by atoms with Crippen molar-refractivity contribution in [1.82, 2.24) is 20.2 Å². The number of hydrogen-bond donors (Lipinski definition) is 2. The Balaban J connectivity index is 2.51. The number of thiazole rings is 1. The molecule has 0 radical (unpaired) electrons. The lowest BCUT2D eigenvalue weighted by molar-refractivity contribution is 0.0700. The molecule has 84 valence electrons. The van der Waals surface area contributed by atoms with Gasteiger partial charge in [0, 0.05) is 0 Å². The summed E-state index contributed by atoms with van der Waals surface area (Å²) in [5.74, 6) is -0.384. The van der Waals surface area contributed by atoms with Gasteiger partial charge in [0.2, 0.25) is 0 Å². The van der Waals surface area contributed by atoms with Crippen LogP contribution in [-0.4, -0.2) is 31.2 Å². The minimum atomic E-state index is -0.952. The van der Waals surface area contributed by atoms with E-state index in [-0.39, 0.29) is 10.8 Å². The lowest BCUT2D eigenvalue weighted by atomic mass is 10.1. The Morgan fingerprint density at radius 1 is 1.56 bits per heavy atom. The molecular formula is C9H10N4O2S. The van der Waals surface area contributed by atoms with E-state index in [4.69, 9.17) is 5.11 Å². The number of aromatic nitrogens is 4. The average molecular weight is 238 g/mol. The SMILES string of the molecule is CC(C)c1nc(-c2ncn[nH]2)sc1C(=O)O. The summed E-state index contributed by atoms with van der Waals surface area (Å²) in [5, 5.41) is 16.0. The van der Waals surface area contributed by atoms with Gasteiger partial charge in [-0.15, -0.1) is 11.3 Å². The van der Waals surface area contributed by atoms with Crippen LogP contribution in [0.15, 0.2) is 6.33 Å². The molecular weight excluding hydrogens is 228 g/mol. The maximum absolute atomic E-state index is 11.0. The summed E-state index contributed by atoms with van der Waals surface area (Å²) in [6, 6.07) is 0. The molecule has 2 aromatic heterocycles. The van der Waals surface area contributed by atoms with Gasteiger partial charge in [-0.2, -0.15) is 5.10 Å². The van der Waals surface area contributed by atoms with Crippen molar-refractivity contribution in [1.29, 1.82) is 0 Å². The molecule has 2 N–H and O–H groups in total. The smallest absolute Gasteiger partial charge is 0.347 e. The third kappa shape index (κ3) is 1.81. The molecule has 0 aliphatic rings. The highest BCUT2D eigenvalue weighted by molar-refractivity contribution is 7.16. The van der Waals surface area contributed by atoms with E-state index in [1.807, 2.05) is 13.8 Å². The molecule has 2 heterocycles. The monoisotopic (exact) mass is 238 g/mol. The number of H-pyrrole nitrogens is 1. The second kappa shape index (κ2) is 4.01. The highest BCUT2D eigenvalue weighted by Crippen LogP contribution is 2.29. The molecule has 0 aromatic carbocycles. The first kappa shape index (κ1) is 10.7. The Morgan fingerprint density at radius 2 is 2.31 bits per heavy atom. The number of aromatic amines is 1. The number of carboxylic acids is 1. The van der Waals surface area contributed by atoms with Gasteiger partial charge < -0.3 is 5.11 Å². The van der Waals surface area contributed by atoms with Crippen LogP contribution < -0.4 is 0 Å². The van der Waals surface area contributed by atoms with Crippen LogP contribution in [0.2, 0.25) is 0 Å². The molecule has 0 spiro atoms. The lowest BCUT2D eigenvalue weighted by Gasteiger charge is -2.00.